The summed E-state index contributed by atoms with van der Waals surface area (Å²) in [6.45, 7) is 4.01. The summed E-state index contributed by atoms with van der Waals surface area (Å²) in [7, 11) is 0. The van der Waals surface area contributed by atoms with E-state index in [0.717, 1.165) is 22.5 Å². The van der Waals surface area contributed by atoms with Gasteiger partial charge in [-0.3, -0.25) is 5.43 Å². The molecular weight excluding hydrogens is 309 g/mol. The highest BCUT2D eigenvalue weighted by Crippen LogP contribution is 2.25. The molecule has 3 aromatic rings. The first-order valence-corrected chi connectivity index (χ1v) is 8.08. The normalized spacial score (nSPS) is 11.5. The molecule has 0 radical (unpaired) electrons. The maximum atomic E-state index is 13.0. The molecule has 0 saturated heterocycles. The molecule has 1 aromatic heterocycles. The topological polar surface area (TPSA) is 37.3 Å². The van der Waals surface area contributed by atoms with Gasteiger partial charge >= 0.3 is 0 Å². The van der Waals surface area contributed by atoms with Gasteiger partial charge in [-0.25, -0.2) is 9.37 Å². The van der Waals surface area contributed by atoms with E-state index in [2.05, 4.69) is 34.6 Å². The predicted octanol–water partition coefficient (Wildman–Crippen LogP) is 5.09. The Morgan fingerprint density at radius 2 is 1.78 bits per heavy atom. The SMILES string of the molecule is C/C(=N\Nc1nc(-c2ccc(F)cc2)cs1)c1ccc(C)cc1. The molecule has 3 nitrogen and oxygen atoms in total. The number of hydrogen-bond donors (Lipinski definition) is 1. The number of hydrazone groups is 1. The van der Waals surface area contributed by atoms with Gasteiger partial charge in [-0.2, -0.15) is 5.10 Å². The Balaban J connectivity index is 1.72. The van der Waals surface area contributed by atoms with Crippen molar-refractivity contribution in [3.63, 3.8) is 0 Å². The maximum absolute atomic E-state index is 13.0. The highest BCUT2D eigenvalue weighted by atomic mass is 32.1. The van der Waals surface area contributed by atoms with E-state index in [0.29, 0.717) is 5.13 Å². The Bertz CT molecular complexity index is 820. The van der Waals surface area contributed by atoms with Crippen molar-refractivity contribution in [1.29, 1.82) is 0 Å². The highest BCUT2D eigenvalue weighted by Gasteiger charge is 2.04. The summed E-state index contributed by atoms with van der Waals surface area (Å²) in [5.41, 5.74) is 7.85. The number of rotatable bonds is 4. The van der Waals surface area contributed by atoms with Crippen LogP contribution in [0.1, 0.15) is 18.1 Å². The Labute approximate surface area is 138 Å². The van der Waals surface area contributed by atoms with Crippen molar-refractivity contribution in [1.82, 2.24) is 4.98 Å². The van der Waals surface area contributed by atoms with Crippen LogP contribution in [0.15, 0.2) is 59.0 Å². The second-order valence-electron chi connectivity index (χ2n) is 5.22. The average molecular weight is 325 g/mol. The molecule has 5 heteroatoms. The molecule has 0 atom stereocenters. The highest BCUT2D eigenvalue weighted by molar-refractivity contribution is 7.14. The van der Waals surface area contributed by atoms with E-state index in [1.165, 1.54) is 29.0 Å². The van der Waals surface area contributed by atoms with Crippen LogP contribution in [0.25, 0.3) is 11.3 Å². The minimum atomic E-state index is -0.249. The van der Waals surface area contributed by atoms with E-state index in [9.17, 15) is 4.39 Å². The molecule has 0 fully saturated rings. The monoisotopic (exact) mass is 325 g/mol. The van der Waals surface area contributed by atoms with E-state index in [4.69, 9.17) is 0 Å². The molecular formula is C18H16FN3S. The van der Waals surface area contributed by atoms with Gasteiger partial charge in [0, 0.05) is 10.9 Å². The standard InChI is InChI=1S/C18H16FN3S/c1-12-3-5-14(6-4-12)13(2)21-22-18-20-17(11-23-18)15-7-9-16(19)10-8-15/h3-11H,1-2H3,(H,20,22)/b21-13+. The second-order valence-corrected chi connectivity index (χ2v) is 6.08. The van der Waals surface area contributed by atoms with Gasteiger partial charge in [-0.15, -0.1) is 11.3 Å². The van der Waals surface area contributed by atoms with Crippen LogP contribution >= 0.6 is 11.3 Å². The van der Waals surface area contributed by atoms with E-state index < -0.39 is 0 Å². The molecule has 1 N–H and O–H groups in total. The third-order valence-electron chi connectivity index (χ3n) is 3.43. The molecule has 3 rings (SSSR count). The number of hydrogen-bond acceptors (Lipinski definition) is 4. The first-order valence-electron chi connectivity index (χ1n) is 7.20. The third kappa shape index (κ3) is 3.81. The quantitative estimate of drug-likeness (QED) is 0.535. The molecule has 0 aliphatic rings. The van der Waals surface area contributed by atoms with Gasteiger partial charge in [0.25, 0.3) is 0 Å². The van der Waals surface area contributed by atoms with Crippen LogP contribution in [0.2, 0.25) is 0 Å². The van der Waals surface area contributed by atoms with E-state index >= 15 is 0 Å². The van der Waals surface area contributed by atoms with Crippen molar-refractivity contribution in [3.8, 4) is 11.3 Å². The summed E-state index contributed by atoms with van der Waals surface area (Å²) in [6, 6.07) is 14.5. The lowest BCUT2D eigenvalue weighted by atomic mass is 10.1. The van der Waals surface area contributed by atoms with Crippen molar-refractivity contribution in [2.45, 2.75) is 13.8 Å². The molecule has 0 aliphatic heterocycles. The molecule has 1 heterocycles. The minimum Gasteiger partial charge on any atom is -0.252 e. The summed E-state index contributed by atoms with van der Waals surface area (Å²) in [5, 5.41) is 7.00. The first-order chi connectivity index (χ1) is 11.1. The molecule has 0 amide bonds. The lowest BCUT2D eigenvalue weighted by molar-refractivity contribution is 0.628. The second kappa shape index (κ2) is 6.71. The minimum absolute atomic E-state index is 0.249. The van der Waals surface area contributed by atoms with Crippen molar-refractivity contribution in [2.24, 2.45) is 5.10 Å². The van der Waals surface area contributed by atoms with E-state index in [1.807, 2.05) is 24.4 Å². The summed E-state index contributed by atoms with van der Waals surface area (Å²) in [6.07, 6.45) is 0. The van der Waals surface area contributed by atoms with Crippen molar-refractivity contribution in [3.05, 3.63) is 70.9 Å². The summed E-state index contributed by atoms with van der Waals surface area (Å²) in [4.78, 5) is 4.47. The number of halogens is 1. The number of benzene rings is 2. The van der Waals surface area contributed by atoms with Crippen LogP contribution in [-0.2, 0) is 0 Å². The number of nitrogens with one attached hydrogen (secondary N) is 1. The number of aryl methyl sites for hydroxylation is 1. The summed E-state index contributed by atoms with van der Waals surface area (Å²) in [5.74, 6) is -0.249. The Morgan fingerprint density at radius 3 is 2.48 bits per heavy atom. The molecule has 0 aliphatic carbocycles. The zero-order valence-corrected chi connectivity index (χ0v) is 13.7. The lowest BCUT2D eigenvalue weighted by Gasteiger charge is -2.02. The summed E-state index contributed by atoms with van der Waals surface area (Å²) < 4.78 is 13.0. The fourth-order valence-electron chi connectivity index (χ4n) is 2.07. The van der Waals surface area contributed by atoms with Crippen LogP contribution < -0.4 is 5.43 Å². The third-order valence-corrected chi connectivity index (χ3v) is 4.18. The smallest absolute Gasteiger partial charge is 0.203 e. The largest absolute Gasteiger partial charge is 0.252 e. The Hall–Kier alpha value is -2.53. The van der Waals surface area contributed by atoms with Crippen molar-refractivity contribution >= 4 is 22.2 Å². The molecule has 0 unspecified atom stereocenters. The molecule has 0 saturated carbocycles. The van der Waals surface area contributed by atoms with Gasteiger partial charge in [0.15, 0.2) is 0 Å². The van der Waals surface area contributed by atoms with Crippen molar-refractivity contribution < 1.29 is 4.39 Å². The number of anilines is 1. The van der Waals surface area contributed by atoms with Crippen LogP contribution in [0.4, 0.5) is 9.52 Å². The number of nitrogens with zero attached hydrogens (tertiary/aromatic N) is 2. The van der Waals surface area contributed by atoms with E-state index in [-0.39, 0.29) is 5.82 Å². The van der Waals surface area contributed by atoms with Crippen LogP contribution in [-0.4, -0.2) is 10.7 Å². The van der Waals surface area contributed by atoms with Gasteiger partial charge in [0.1, 0.15) is 5.82 Å². The van der Waals surface area contributed by atoms with Gasteiger partial charge in [-0.1, -0.05) is 29.8 Å². The van der Waals surface area contributed by atoms with E-state index in [1.54, 1.807) is 12.1 Å². The fraction of sp³-hybridized carbons (Fsp3) is 0.111. The predicted molar refractivity (Wildman–Crippen MR) is 94.5 cm³/mol. The maximum Gasteiger partial charge on any atom is 0.203 e. The first kappa shape index (κ1) is 15.4. The van der Waals surface area contributed by atoms with Crippen LogP contribution in [0.5, 0.6) is 0 Å². The molecule has 23 heavy (non-hydrogen) atoms. The zero-order valence-electron chi connectivity index (χ0n) is 12.9. The molecule has 2 aromatic carbocycles. The molecule has 116 valence electrons. The van der Waals surface area contributed by atoms with Crippen molar-refractivity contribution in [2.75, 3.05) is 5.43 Å². The summed E-state index contributed by atoms with van der Waals surface area (Å²) >= 11 is 1.47. The van der Waals surface area contributed by atoms with Gasteiger partial charge in [0.05, 0.1) is 11.4 Å². The fourth-order valence-corrected chi connectivity index (χ4v) is 2.73. The van der Waals surface area contributed by atoms with Gasteiger partial charge in [0.2, 0.25) is 5.13 Å². The van der Waals surface area contributed by atoms with Gasteiger partial charge in [-0.05, 0) is 43.7 Å². The van der Waals surface area contributed by atoms with Crippen LogP contribution in [0.3, 0.4) is 0 Å². The van der Waals surface area contributed by atoms with Crippen LogP contribution in [0, 0.1) is 12.7 Å². The number of aromatic nitrogens is 1. The lowest BCUT2D eigenvalue weighted by Crippen LogP contribution is -1.99. The Morgan fingerprint density at radius 1 is 1.09 bits per heavy atom. The number of thiazole rings is 1. The zero-order chi connectivity index (χ0) is 16.2. The average Bonchev–Trinajstić information content (AvgIpc) is 3.03. The Kier molecular flexibility index (Phi) is 4.48. The molecule has 0 bridgehead atoms. The molecule has 0 spiro atoms. The van der Waals surface area contributed by atoms with Gasteiger partial charge < -0.3 is 0 Å².